The lowest BCUT2D eigenvalue weighted by Crippen LogP contribution is -2.44. The highest BCUT2D eigenvalue weighted by molar-refractivity contribution is 6.48. The van der Waals surface area contributed by atoms with Gasteiger partial charge in [0.2, 0.25) is 0 Å². The van der Waals surface area contributed by atoms with Crippen molar-refractivity contribution >= 4 is 51.3 Å². The van der Waals surface area contributed by atoms with Gasteiger partial charge >= 0.3 is 0 Å². The number of anilines is 1. The van der Waals surface area contributed by atoms with Gasteiger partial charge in [-0.25, -0.2) is 0 Å². The summed E-state index contributed by atoms with van der Waals surface area (Å²) in [4.78, 5) is 33.5. The second-order valence-corrected chi connectivity index (χ2v) is 9.60. The number of benzene rings is 2. The molecule has 2 aliphatic rings. The number of carbonyl (C=O) groups is 2. The zero-order valence-electron chi connectivity index (χ0n) is 20.2. The number of H-pyrrole nitrogens is 1. The highest BCUT2D eigenvalue weighted by Gasteiger charge is 2.36. The Balaban J connectivity index is 1.56. The van der Waals surface area contributed by atoms with Crippen LogP contribution >= 0.6 is 11.6 Å². The maximum Gasteiger partial charge on any atom is 0.261 e. The second-order valence-electron chi connectivity index (χ2n) is 9.16. The van der Waals surface area contributed by atoms with Gasteiger partial charge in [0.05, 0.1) is 22.7 Å². The number of nitrogens with zero attached hydrogens (tertiary/aromatic N) is 2. The first-order valence-corrected chi connectivity index (χ1v) is 12.1. The summed E-state index contributed by atoms with van der Waals surface area (Å²) in [5, 5.41) is 16.0. The highest BCUT2D eigenvalue weighted by atomic mass is 35.5. The molecule has 0 radical (unpaired) electrons. The number of aromatic amines is 1. The molecule has 0 bridgehead atoms. The standard InChI is InChI=1S/C27H27ClN6O2/c1-15-5-4-6-18-20(14-30-25(15)18)22-23(27(36)32-26(22)35)24(29)19-13-17(28)7-8-21(19)31-16(2)34-11-9-33(3)10-12-34/h4-8,13-14,29-31H,2,9-12H2,1,3H3,(H,32,35,36). The third-order valence-electron chi connectivity index (χ3n) is 6.79. The number of halogens is 1. The van der Waals surface area contributed by atoms with Crippen LogP contribution in [0, 0.1) is 12.3 Å². The Kier molecular flexibility index (Phi) is 6.15. The fourth-order valence-electron chi connectivity index (χ4n) is 4.74. The van der Waals surface area contributed by atoms with Crippen LogP contribution in [0.15, 0.2) is 60.6 Å². The number of hydrogen-bond acceptors (Lipinski definition) is 6. The molecule has 0 unspecified atom stereocenters. The minimum absolute atomic E-state index is 0.0120. The van der Waals surface area contributed by atoms with E-state index in [0.717, 1.165) is 42.6 Å². The van der Waals surface area contributed by atoms with Gasteiger partial charge in [-0.3, -0.25) is 20.3 Å². The van der Waals surface area contributed by atoms with Crippen molar-refractivity contribution in [1.82, 2.24) is 20.1 Å². The van der Waals surface area contributed by atoms with E-state index in [0.29, 0.717) is 27.7 Å². The summed E-state index contributed by atoms with van der Waals surface area (Å²) in [7, 11) is 2.08. The molecule has 1 fully saturated rings. The molecule has 2 aliphatic heterocycles. The molecular weight excluding hydrogens is 476 g/mol. The summed E-state index contributed by atoms with van der Waals surface area (Å²) in [6.45, 7) is 9.66. The number of aromatic nitrogens is 1. The van der Waals surface area contributed by atoms with Crippen LogP contribution < -0.4 is 10.6 Å². The van der Waals surface area contributed by atoms with Crippen molar-refractivity contribution in [1.29, 1.82) is 5.41 Å². The molecule has 36 heavy (non-hydrogen) atoms. The van der Waals surface area contributed by atoms with Crippen LogP contribution in [0.4, 0.5) is 5.69 Å². The molecule has 1 saturated heterocycles. The molecule has 2 amide bonds. The fraction of sp³-hybridized carbons (Fsp3) is 0.222. The predicted molar refractivity (Wildman–Crippen MR) is 143 cm³/mol. The highest BCUT2D eigenvalue weighted by Crippen LogP contribution is 2.34. The Bertz CT molecular complexity index is 1460. The van der Waals surface area contributed by atoms with E-state index in [4.69, 9.17) is 17.0 Å². The fourth-order valence-corrected chi connectivity index (χ4v) is 4.91. The minimum atomic E-state index is -0.606. The van der Waals surface area contributed by atoms with E-state index in [9.17, 15) is 9.59 Å². The first-order chi connectivity index (χ1) is 17.2. The van der Waals surface area contributed by atoms with Crippen LogP contribution in [0.5, 0.6) is 0 Å². The molecule has 9 heteroatoms. The minimum Gasteiger partial charge on any atom is -0.360 e. The molecule has 4 N–H and O–H groups in total. The van der Waals surface area contributed by atoms with Crippen molar-refractivity contribution in [3.05, 3.63) is 82.3 Å². The van der Waals surface area contributed by atoms with Gasteiger partial charge < -0.3 is 20.1 Å². The average Bonchev–Trinajstić information content (AvgIpc) is 3.40. The van der Waals surface area contributed by atoms with Crippen molar-refractivity contribution in [2.24, 2.45) is 0 Å². The SMILES string of the molecule is C=C(Nc1ccc(Cl)cc1C(=N)C1=C(c2c[nH]c3c(C)cccc23)C(=O)NC1=O)N1CCN(C)CC1. The number of hydrogen-bond donors (Lipinski definition) is 4. The summed E-state index contributed by atoms with van der Waals surface area (Å²) < 4.78 is 0. The van der Waals surface area contributed by atoms with E-state index in [2.05, 4.69) is 39.0 Å². The number of para-hydroxylation sites is 1. The molecule has 1 aromatic heterocycles. The Morgan fingerprint density at radius 3 is 2.61 bits per heavy atom. The Morgan fingerprint density at radius 2 is 1.86 bits per heavy atom. The lowest BCUT2D eigenvalue weighted by molar-refractivity contribution is -0.123. The van der Waals surface area contributed by atoms with Crippen molar-refractivity contribution in [3.8, 4) is 0 Å². The third-order valence-corrected chi connectivity index (χ3v) is 7.02. The molecule has 184 valence electrons. The molecular formula is C27H27ClN6O2. The van der Waals surface area contributed by atoms with Gasteiger partial charge in [0.1, 0.15) is 0 Å². The topological polar surface area (TPSA) is 104 Å². The summed E-state index contributed by atoms with van der Waals surface area (Å²) in [5.74, 6) is -0.431. The predicted octanol–water partition coefficient (Wildman–Crippen LogP) is 3.74. The van der Waals surface area contributed by atoms with Crippen LogP contribution in [-0.2, 0) is 9.59 Å². The molecule has 0 saturated carbocycles. The van der Waals surface area contributed by atoms with Gasteiger partial charge in [-0.1, -0.05) is 36.4 Å². The molecule has 8 nitrogen and oxygen atoms in total. The molecule has 2 aromatic carbocycles. The molecule has 5 rings (SSSR count). The lowest BCUT2D eigenvalue weighted by Gasteiger charge is -2.35. The monoisotopic (exact) mass is 502 g/mol. The average molecular weight is 503 g/mol. The van der Waals surface area contributed by atoms with Crippen LogP contribution in [0.3, 0.4) is 0 Å². The summed E-state index contributed by atoms with van der Waals surface area (Å²) in [5.41, 5.74) is 3.56. The number of imide groups is 1. The van der Waals surface area contributed by atoms with Gasteiger partial charge in [-0.2, -0.15) is 0 Å². The number of likely N-dealkylation sites (N-methyl/N-ethyl adjacent to an activating group) is 1. The summed E-state index contributed by atoms with van der Waals surface area (Å²) >= 11 is 6.31. The Labute approximate surface area is 214 Å². The Morgan fingerprint density at radius 1 is 1.11 bits per heavy atom. The maximum atomic E-state index is 13.0. The van der Waals surface area contributed by atoms with Gasteiger partial charge in [0.15, 0.2) is 0 Å². The number of amides is 2. The number of carbonyl (C=O) groups excluding carboxylic acids is 2. The lowest BCUT2D eigenvalue weighted by atomic mass is 9.93. The number of aryl methyl sites for hydroxylation is 1. The van der Waals surface area contributed by atoms with E-state index in [1.807, 2.05) is 25.1 Å². The maximum absolute atomic E-state index is 13.0. The summed E-state index contributed by atoms with van der Waals surface area (Å²) in [6, 6.07) is 10.9. The van der Waals surface area contributed by atoms with Crippen LogP contribution in [0.1, 0.15) is 16.7 Å². The molecule has 3 heterocycles. The van der Waals surface area contributed by atoms with Crippen molar-refractivity contribution < 1.29 is 9.59 Å². The molecule has 0 spiro atoms. The number of rotatable bonds is 6. The summed E-state index contributed by atoms with van der Waals surface area (Å²) in [6.07, 6.45) is 1.71. The smallest absolute Gasteiger partial charge is 0.261 e. The zero-order valence-corrected chi connectivity index (χ0v) is 20.9. The normalized spacial score (nSPS) is 16.6. The van der Waals surface area contributed by atoms with Gasteiger partial charge in [0.25, 0.3) is 11.8 Å². The molecule has 3 aromatic rings. The van der Waals surface area contributed by atoms with E-state index >= 15 is 0 Å². The first-order valence-electron chi connectivity index (χ1n) is 11.7. The number of nitrogens with one attached hydrogen (secondary N) is 4. The first kappa shape index (κ1) is 23.8. The van der Waals surface area contributed by atoms with E-state index in [-0.39, 0.29) is 16.9 Å². The van der Waals surface area contributed by atoms with Gasteiger partial charge in [0, 0.05) is 65.1 Å². The van der Waals surface area contributed by atoms with E-state index < -0.39 is 11.8 Å². The van der Waals surface area contributed by atoms with Crippen LogP contribution in [0.25, 0.3) is 16.5 Å². The third kappa shape index (κ3) is 4.19. The molecule has 0 aliphatic carbocycles. The van der Waals surface area contributed by atoms with Crippen molar-refractivity contribution in [2.45, 2.75) is 6.92 Å². The number of fused-ring (bicyclic) bond motifs is 1. The molecule has 0 atom stereocenters. The van der Waals surface area contributed by atoms with Crippen molar-refractivity contribution in [3.63, 3.8) is 0 Å². The van der Waals surface area contributed by atoms with E-state index in [1.165, 1.54) is 0 Å². The van der Waals surface area contributed by atoms with Crippen LogP contribution in [0.2, 0.25) is 5.02 Å². The number of piperazine rings is 1. The zero-order chi connectivity index (χ0) is 25.6. The van der Waals surface area contributed by atoms with Crippen molar-refractivity contribution in [2.75, 3.05) is 38.5 Å². The van der Waals surface area contributed by atoms with Gasteiger partial charge in [-0.15, -0.1) is 0 Å². The van der Waals surface area contributed by atoms with Crippen LogP contribution in [-0.4, -0.2) is 65.5 Å². The van der Waals surface area contributed by atoms with Gasteiger partial charge in [-0.05, 0) is 37.7 Å². The quantitative estimate of drug-likeness (QED) is 0.304. The van der Waals surface area contributed by atoms with E-state index in [1.54, 1.807) is 24.4 Å². The second kappa shape index (κ2) is 9.29. The Hall–Kier alpha value is -3.88. The largest absolute Gasteiger partial charge is 0.360 e.